The van der Waals surface area contributed by atoms with Crippen LogP contribution in [0.1, 0.15) is 31.9 Å². The second-order valence-electron chi connectivity index (χ2n) is 4.63. The first-order valence-electron chi connectivity index (χ1n) is 5.80. The summed E-state index contributed by atoms with van der Waals surface area (Å²) >= 11 is 0. The third-order valence-electron chi connectivity index (χ3n) is 3.19. The van der Waals surface area contributed by atoms with E-state index in [4.69, 9.17) is 4.74 Å². The molecule has 1 aromatic rings. The Kier molecular flexibility index (Phi) is 3.17. The number of hydrogen-bond acceptors (Lipinski definition) is 3. The van der Waals surface area contributed by atoms with E-state index in [9.17, 15) is 5.11 Å². The lowest BCUT2D eigenvalue weighted by atomic mass is 10.0. The molecule has 1 aliphatic rings. The van der Waals surface area contributed by atoms with Crippen molar-refractivity contribution >= 4 is 0 Å². The van der Waals surface area contributed by atoms with Crippen molar-refractivity contribution in [1.29, 1.82) is 0 Å². The third kappa shape index (κ3) is 2.36. The summed E-state index contributed by atoms with van der Waals surface area (Å²) in [7, 11) is 0. The Labute approximate surface area is 96.4 Å². The van der Waals surface area contributed by atoms with E-state index in [1.54, 1.807) is 0 Å². The molecule has 2 atom stereocenters. The van der Waals surface area contributed by atoms with E-state index in [2.05, 4.69) is 11.4 Å². The highest BCUT2D eigenvalue weighted by Gasteiger charge is 2.26. The zero-order valence-corrected chi connectivity index (χ0v) is 9.86. The highest BCUT2D eigenvalue weighted by atomic mass is 16.5. The second-order valence-corrected chi connectivity index (χ2v) is 4.63. The molecule has 0 saturated heterocycles. The maximum atomic E-state index is 9.93. The lowest BCUT2D eigenvalue weighted by Gasteiger charge is -2.23. The Morgan fingerprint density at radius 2 is 2.25 bits per heavy atom. The van der Waals surface area contributed by atoms with Gasteiger partial charge in [-0.2, -0.15) is 0 Å². The Hall–Kier alpha value is -1.06. The summed E-state index contributed by atoms with van der Waals surface area (Å²) in [6.45, 7) is 5.08. The largest absolute Gasteiger partial charge is 0.491 e. The minimum absolute atomic E-state index is 0.203. The summed E-state index contributed by atoms with van der Waals surface area (Å²) in [6, 6.07) is 8.24. The van der Waals surface area contributed by atoms with Crippen molar-refractivity contribution in [1.82, 2.24) is 5.32 Å². The number of rotatable bonds is 4. The molecule has 16 heavy (non-hydrogen) atoms. The SMILES string of the molecule is CCC(C)(O)CNC1COc2ccccc21. The van der Waals surface area contributed by atoms with Crippen molar-refractivity contribution in [3.63, 3.8) is 0 Å². The molecule has 88 valence electrons. The van der Waals surface area contributed by atoms with Crippen molar-refractivity contribution in [3.8, 4) is 5.75 Å². The number of nitrogens with one attached hydrogen (secondary N) is 1. The molecule has 0 fully saturated rings. The molecule has 0 saturated carbocycles. The van der Waals surface area contributed by atoms with Gasteiger partial charge in [0, 0.05) is 12.1 Å². The maximum absolute atomic E-state index is 9.93. The van der Waals surface area contributed by atoms with Gasteiger partial charge in [-0.1, -0.05) is 25.1 Å². The molecule has 0 spiro atoms. The number of aliphatic hydroxyl groups is 1. The normalized spacial score (nSPS) is 22.3. The van der Waals surface area contributed by atoms with Crippen molar-refractivity contribution in [2.24, 2.45) is 0 Å². The van der Waals surface area contributed by atoms with Crippen LogP contribution in [0, 0.1) is 0 Å². The van der Waals surface area contributed by atoms with Crippen LogP contribution in [-0.2, 0) is 0 Å². The van der Waals surface area contributed by atoms with Crippen molar-refractivity contribution in [3.05, 3.63) is 29.8 Å². The van der Waals surface area contributed by atoms with Gasteiger partial charge in [0.15, 0.2) is 0 Å². The van der Waals surface area contributed by atoms with E-state index in [0.29, 0.717) is 13.2 Å². The van der Waals surface area contributed by atoms with E-state index in [1.165, 1.54) is 5.56 Å². The van der Waals surface area contributed by atoms with Crippen LogP contribution in [0.25, 0.3) is 0 Å². The highest BCUT2D eigenvalue weighted by molar-refractivity contribution is 5.39. The van der Waals surface area contributed by atoms with Crippen molar-refractivity contribution < 1.29 is 9.84 Å². The molecule has 2 rings (SSSR count). The molecular formula is C13H19NO2. The zero-order chi connectivity index (χ0) is 11.6. The van der Waals surface area contributed by atoms with Gasteiger partial charge in [-0.25, -0.2) is 0 Å². The summed E-state index contributed by atoms with van der Waals surface area (Å²) in [5, 5.41) is 13.3. The van der Waals surface area contributed by atoms with Crippen molar-refractivity contribution in [2.75, 3.05) is 13.2 Å². The standard InChI is InChI=1S/C13H19NO2/c1-3-13(2,15)9-14-11-8-16-12-7-5-4-6-10(11)12/h4-7,11,14-15H,3,8-9H2,1-2H3. The molecule has 0 aliphatic carbocycles. The summed E-state index contributed by atoms with van der Waals surface area (Å²) in [4.78, 5) is 0. The van der Waals surface area contributed by atoms with Crippen LogP contribution >= 0.6 is 0 Å². The Morgan fingerprint density at radius 3 is 3.00 bits per heavy atom. The minimum Gasteiger partial charge on any atom is -0.491 e. The van der Waals surface area contributed by atoms with Gasteiger partial charge >= 0.3 is 0 Å². The fourth-order valence-corrected chi connectivity index (χ4v) is 1.80. The zero-order valence-electron chi connectivity index (χ0n) is 9.86. The number of para-hydroxylation sites is 1. The lowest BCUT2D eigenvalue weighted by molar-refractivity contribution is 0.0520. The summed E-state index contributed by atoms with van der Waals surface area (Å²) in [5.74, 6) is 0.955. The van der Waals surface area contributed by atoms with Crippen LogP contribution in [0.4, 0.5) is 0 Å². The Balaban J connectivity index is 1.99. The first kappa shape index (κ1) is 11.4. The topological polar surface area (TPSA) is 41.5 Å². The average molecular weight is 221 g/mol. The van der Waals surface area contributed by atoms with Crippen LogP contribution in [0.5, 0.6) is 5.75 Å². The van der Waals surface area contributed by atoms with Gasteiger partial charge < -0.3 is 15.2 Å². The summed E-state index contributed by atoms with van der Waals surface area (Å²) in [5.41, 5.74) is 0.548. The van der Waals surface area contributed by atoms with Gasteiger partial charge in [0.1, 0.15) is 12.4 Å². The molecule has 2 N–H and O–H groups in total. The molecule has 3 heteroatoms. The van der Waals surface area contributed by atoms with Gasteiger partial charge in [0.25, 0.3) is 0 Å². The average Bonchev–Trinajstić information content (AvgIpc) is 2.70. The molecule has 2 unspecified atom stereocenters. The van der Waals surface area contributed by atoms with Crippen LogP contribution in [0.2, 0.25) is 0 Å². The predicted molar refractivity (Wildman–Crippen MR) is 63.6 cm³/mol. The lowest BCUT2D eigenvalue weighted by Crippen LogP contribution is -2.39. The van der Waals surface area contributed by atoms with E-state index < -0.39 is 5.60 Å². The fraction of sp³-hybridized carbons (Fsp3) is 0.538. The number of fused-ring (bicyclic) bond motifs is 1. The smallest absolute Gasteiger partial charge is 0.124 e. The third-order valence-corrected chi connectivity index (χ3v) is 3.19. The van der Waals surface area contributed by atoms with Gasteiger partial charge in [-0.15, -0.1) is 0 Å². The van der Waals surface area contributed by atoms with Gasteiger partial charge in [0.2, 0.25) is 0 Å². The summed E-state index contributed by atoms with van der Waals surface area (Å²) in [6.07, 6.45) is 0.745. The van der Waals surface area contributed by atoms with Gasteiger partial charge in [-0.05, 0) is 19.4 Å². The predicted octanol–water partition coefficient (Wildman–Crippen LogP) is 1.87. The highest BCUT2D eigenvalue weighted by Crippen LogP contribution is 2.31. The van der Waals surface area contributed by atoms with Crippen molar-refractivity contribution in [2.45, 2.75) is 31.9 Å². The number of ether oxygens (including phenoxy) is 1. The number of benzene rings is 1. The first-order chi connectivity index (χ1) is 7.62. The molecular weight excluding hydrogens is 202 g/mol. The molecule has 3 nitrogen and oxygen atoms in total. The van der Waals surface area contributed by atoms with Crippen LogP contribution in [0.15, 0.2) is 24.3 Å². The molecule has 0 bridgehead atoms. The Morgan fingerprint density at radius 1 is 1.50 bits per heavy atom. The molecule has 0 amide bonds. The first-order valence-corrected chi connectivity index (χ1v) is 5.80. The second kappa shape index (κ2) is 4.44. The molecule has 0 aromatic heterocycles. The van der Waals surface area contributed by atoms with E-state index in [-0.39, 0.29) is 6.04 Å². The van der Waals surface area contributed by atoms with E-state index in [1.807, 2.05) is 32.0 Å². The number of hydrogen-bond donors (Lipinski definition) is 2. The van der Waals surface area contributed by atoms with Crippen LogP contribution < -0.4 is 10.1 Å². The molecule has 1 aromatic carbocycles. The van der Waals surface area contributed by atoms with Crippen LogP contribution in [0.3, 0.4) is 0 Å². The van der Waals surface area contributed by atoms with E-state index >= 15 is 0 Å². The van der Waals surface area contributed by atoms with Crippen LogP contribution in [-0.4, -0.2) is 23.9 Å². The molecule has 1 aliphatic heterocycles. The Bertz CT molecular complexity index is 363. The maximum Gasteiger partial charge on any atom is 0.124 e. The fourth-order valence-electron chi connectivity index (χ4n) is 1.80. The molecule has 1 heterocycles. The molecule has 0 radical (unpaired) electrons. The monoisotopic (exact) mass is 221 g/mol. The summed E-state index contributed by atoms with van der Waals surface area (Å²) < 4.78 is 5.57. The van der Waals surface area contributed by atoms with Gasteiger partial charge in [-0.3, -0.25) is 0 Å². The van der Waals surface area contributed by atoms with Gasteiger partial charge in [0.05, 0.1) is 11.6 Å². The quantitative estimate of drug-likeness (QED) is 0.815. The minimum atomic E-state index is -0.641. The van der Waals surface area contributed by atoms with E-state index in [0.717, 1.165) is 12.2 Å².